The van der Waals surface area contributed by atoms with Gasteiger partial charge in [0.05, 0.1) is 0 Å². The van der Waals surface area contributed by atoms with Crippen LogP contribution in [0.2, 0.25) is 0 Å². The van der Waals surface area contributed by atoms with E-state index in [0.29, 0.717) is 12.5 Å². The number of nitrogens with one attached hydrogen (secondary N) is 1. The summed E-state index contributed by atoms with van der Waals surface area (Å²) in [6.45, 7) is 0.696. The van der Waals surface area contributed by atoms with Crippen LogP contribution in [0.25, 0.3) is 0 Å². The van der Waals surface area contributed by atoms with Crippen LogP contribution in [-0.2, 0) is 11.2 Å². The molecule has 1 aromatic carbocycles. The number of benzene rings is 1. The lowest BCUT2D eigenvalue weighted by Gasteiger charge is -2.20. The van der Waals surface area contributed by atoms with Crippen LogP contribution in [0.5, 0.6) is 0 Å². The van der Waals surface area contributed by atoms with Gasteiger partial charge >= 0.3 is 0 Å². The monoisotopic (exact) mass is 308 g/mol. The summed E-state index contributed by atoms with van der Waals surface area (Å²) in [7, 11) is 0. The van der Waals surface area contributed by atoms with E-state index in [1.165, 1.54) is 24.0 Å². The Hall–Kier alpha value is -2.16. The van der Waals surface area contributed by atoms with E-state index in [4.69, 9.17) is 0 Å². The number of carbonyl (C=O) groups is 1. The summed E-state index contributed by atoms with van der Waals surface area (Å²) in [5.74, 6) is 0.759. The van der Waals surface area contributed by atoms with Gasteiger partial charge in [-0.3, -0.25) is 9.78 Å². The van der Waals surface area contributed by atoms with Crippen molar-refractivity contribution in [1.29, 1.82) is 0 Å². The lowest BCUT2D eigenvalue weighted by Crippen LogP contribution is -2.33. The molecule has 23 heavy (non-hydrogen) atoms. The molecule has 1 fully saturated rings. The second-order valence-corrected chi connectivity index (χ2v) is 6.39. The first-order valence-corrected chi connectivity index (χ1v) is 8.54. The van der Waals surface area contributed by atoms with Gasteiger partial charge in [0.15, 0.2) is 0 Å². The first-order chi connectivity index (χ1) is 11.3. The predicted octanol–water partition coefficient (Wildman–Crippen LogP) is 3.71. The third-order valence-electron chi connectivity index (χ3n) is 4.75. The van der Waals surface area contributed by atoms with Gasteiger partial charge in [-0.2, -0.15) is 0 Å². The van der Waals surface area contributed by atoms with Crippen LogP contribution in [0.1, 0.15) is 42.7 Å². The maximum absolute atomic E-state index is 12.3. The second kappa shape index (κ2) is 7.91. The van der Waals surface area contributed by atoms with Crippen molar-refractivity contribution in [2.45, 2.75) is 38.0 Å². The standard InChI is InChI=1S/C20H24N2O/c23-20(18-8-4-5-9-18)22-15-19(17-6-2-1-3-7-17)14-16-10-12-21-13-11-16/h1-3,6-7,10-13,18-19H,4-5,8-9,14-15H2,(H,22,23). The number of amides is 1. The van der Waals surface area contributed by atoms with Crippen LogP contribution in [0.3, 0.4) is 0 Å². The molecular weight excluding hydrogens is 284 g/mol. The number of hydrogen-bond acceptors (Lipinski definition) is 2. The van der Waals surface area contributed by atoms with Crippen molar-refractivity contribution in [1.82, 2.24) is 10.3 Å². The Morgan fingerprint density at radius 1 is 1.09 bits per heavy atom. The molecule has 1 atom stereocenters. The second-order valence-electron chi connectivity index (χ2n) is 6.39. The van der Waals surface area contributed by atoms with Crippen molar-refractivity contribution in [3.8, 4) is 0 Å². The lowest BCUT2D eigenvalue weighted by molar-refractivity contribution is -0.124. The van der Waals surface area contributed by atoms with Gasteiger partial charge in [-0.05, 0) is 42.5 Å². The van der Waals surface area contributed by atoms with Gasteiger partial charge in [0.2, 0.25) is 5.91 Å². The van der Waals surface area contributed by atoms with Crippen LogP contribution in [0.4, 0.5) is 0 Å². The Kier molecular flexibility index (Phi) is 5.41. The van der Waals surface area contributed by atoms with Crippen molar-refractivity contribution in [2.24, 2.45) is 5.92 Å². The maximum atomic E-state index is 12.3. The van der Waals surface area contributed by atoms with Gasteiger partial charge in [0, 0.05) is 30.8 Å². The van der Waals surface area contributed by atoms with Gasteiger partial charge < -0.3 is 5.32 Å². The number of rotatable bonds is 6. The number of pyridine rings is 1. The van der Waals surface area contributed by atoms with E-state index >= 15 is 0 Å². The molecule has 0 aliphatic heterocycles. The summed E-state index contributed by atoms with van der Waals surface area (Å²) < 4.78 is 0. The molecule has 0 bridgehead atoms. The quantitative estimate of drug-likeness (QED) is 0.884. The molecule has 0 radical (unpaired) electrons. The van der Waals surface area contributed by atoms with E-state index in [-0.39, 0.29) is 11.8 Å². The van der Waals surface area contributed by atoms with Crippen LogP contribution in [0, 0.1) is 5.92 Å². The molecule has 1 N–H and O–H groups in total. The number of hydrogen-bond donors (Lipinski definition) is 1. The molecule has 1 unspecified atom stereocenters. The van der Waals surface area contributed by atoms with Crippen molar-refractivity contribution >= 4 is 5.91 Å². The summed E-state index contributed by atoms with van der Waals surface area (Å²) in [5.41, 5.74) is 2.53. The number of nitrogens with zero attached hydrogens (tertiary/aromatic N) is 1. The Balaban J connectivity index is 1.66. The average Bonchev–Trinajstić information content (AvgIpc) is 3.15. The minimum absolute atomic E-state index is 0.229. The maximum Gasteiger partial charge on any atom is 0.223 e. The minimum Gasteiger partial charge on any atom is -0.355 e. The smallest absolute Gasteiger partial charge is 0.223 e. The first-order valence-electron chi connectivity index (χ1n) is 8.54. The summed E-state index contributed by atoms with van der Waals surface area (Å²) in [6, 6.07) is 14.6. The van der Waals surface area contributed by atoms with Gasteiger partial charge in [-0.1, -0.05) is 43.2 Å². The van der Waals surface area contributed by atoms with Crippen molar-refractivity contribution in [3.05, 3.63) is 66.0 Å². The van der Waals surface area contributed by atoms with Gasteiger partial charge in [0.25, 0.3) is 0 Å². The van der Waals surface area contributed by atoms with Crippen molar-refractivity contribution < 1.29 is 4.79 Å². The molecule has 0 saturated heterocycles. The Bertz CT molecular complexity index is 606. The van der Waals surface area contributed by atoms with E-state index in [1.54, 1.807) is 0 Å². The third kappa shape index (κ3) is 4.41. The highest BCUT2D eigenvalue weighted by Gasteiger charge is 2.23. The normalized spacial score (nSPS) is 16.2. The molecule has 1 aromatic heterocycles. The third-order valence-corrected chi connectivity index (χ3v) is 4.75. The molecule has 1 heterocycles. The fourth-order valence-corrected chi connectivity index (χ4v) is 3.39. The lowest BCUT2D eigenvalue weighted by atomic mass is 9.92. The summed E-state index contributed by atoms with van der Waals surface area (Å²) in [4.78, 5) is 16.4. The van der Waals surface area contributed by atoms with Gasteiger partial charge in [-0.15, -0.1) is 0 Å². The molecule has 1 aliphatic carbocycles. The molecule has 0 spiro atoms. The molecule has 3 heteroatoms. The minimum atomic E-state index is 0.229. The molecule has 1 amide bonds. The fraction of sp³-hybridized carbons (Fsp3) is 0.400. The number of carbonyl (C=O) groups excluding carboxylic acids is 1. The highest BCUT2D eigenvalue weighted by atomic mass is 16.1. The predicted molar refractivity (Wildman–Crippen MR) is 92.1 cm³/mol. The fourth-order valence-electron chi connectivity index (χ4n) is 3.39. The zero-order chi connectivity index (χ0) is 15.9. The molecule has 1 saturated carbocycles. The molecule has 3 nitrogen and oxygen atoms in total. The zero-order valence-corrected chi connectivity index (χ0v) is 13.4. The van der Waals surface area contributed by atoms with Crippen molar-refractivity contribution in [3.63, 3.8) is 0 Å². The zero-order valence-electron chi connectivity index (χ0n) is 13.4. The molecular formula is C20H24N2O. The molecule has 120 valence electrons. The summed E-state index contributed by atoms with van der Waals surface area (Å²) >= 11 is 0. The van der Waals surface area contributed by atoms with Crippen LogP contribution >= 0.6 is 0 Å². The SMILES string of the molecule is O=C(NCC(Cc1ccncc1)c1ccccc1)C1CCCC1. The molecule has 3 rings (SSSR count). The van der Waals surface area contributed by atoms with E-state index in [0.717, 1.165) is 19.3 Å². The van der Waals surface area contributed by atoms with Gasteiger partial charge in [0.1, 0.15) is 0 Å². The summed E-state index contributed by atoms with van der Waals surface area (Å²) in [6.07, 6.45) is 9.05. The first kappa shape index (κ1) is 15.7. The topological polar surface area (TPSA) is 42.0 Å². The highest BCUT2D eigenvalue weighted by Crippen LogP contribution is 2.25. The van der Waals surface area contributed by atoms with E-state index < -0.39 is 0 Å². The Morgan fingerprint density at radius 3 is 2.48 bits per heavy atom. The van der Waals surface area contributed by atoms with E-state index in [9.17, 15) is 4.79 Å². The van der Waals surface area contributed by atoms with E-state index in [2.05, 4.69) is 46.7 Å². The van der Waals surface area contributed by atoms with Crippen LogP contribution < -0.4 is 5.32 Å². The van der Waals surface area contributed by atoms with Gasteiger partial charge in [-0.25, -0.2) is 0 Å². The highest BCUT2D eigenvalue weighted by molar-refractivity contribution is 5.78. The average molecular weight is 308 g/mol. The summed E-state index contributed by atoms with van der Waals surface area (Å²) in [5, 5.41) is 3.19. The number of aromatic nitrogens is 1. The van der Waals surface area contributed by atoms with Crippen LogP contribution in [-0.4, -0.2) is 17.4 Å². The molecule has 2 aromatic rings. The van der Waals surface area contributed by atoms with Crippen LogP contribution in [0.15, 0.2) is 54.9 Å². The van der Waals surface area contributed by atoms with E-state index in [1.807, 2.05) is 18.5 Å². The van der Waals surface area contributed by atoms with Crippen molar-refractivity contribution in [2.75, 3.05) is 6.54 Å². The Morgan fingerprint density at radius 2 is 1.78 bits per heavy atom. The Labute approximate surface area is 138 Å². The molecule has 1 aliphatic rings. The largest absolute Gasteiger partial charge is 0.355 e.